The third-order valence-corrected chi connectivity index (χ3v) is 5.55. The van der Waals surface area contributed by atoms with Crippen LogP contribution in [0.25, 0.3) is 0 Å². The molecule has 6 heteroatoms. The predicted molar refractivity (Wildman–Crippen MR) is 124 cm³/mol. The van der Waals surface area contributed by atoms with Gasteiger partial charge in [-0.1, -0.05) is 13.0 Å². The van der Waals surface area contributed by atoms with E-state index >= 15 is 0 Å². The maximum atomic E-state index is 12.6. The lowest BCUT2D eigenvalue weighted by Crippen LogP contribution is -2.46. The third-order valence-electron chi connectivity index (χ3n) is 5.55. The molecular formula is C25H28N4O2. The number of pyridine rings is 1. The van der Waals surface area contributed by atoms with Gasteiger partial charge in [-0.3, -0.25) is 9.78 Å². The fourth-order valence-corrected chi connectivity index (χ4v) is 3.63. The molecule has 0 atom stereocenters. The molecule has 1 amide bonds. The second-order valence-corrected chi connectivity index (χ2v) is 7.60. The summed E-state index contributed by atoms with van der Waals surface area (Å²) in [4.78, 5) is 21.5. The molecule has 0 unspecified atom stereocenters. The number of carbonyl (C=O) groups excluding carboxylic acids is 1. The summed E-state index contributed by atoms with van der Waals surface area (Å²) < 4.78 is 5.75. The molecule has 2 heterocycles. The largest absolute Gasteiger partial charge is 0.489 e. The fourth-order valence-electron chi connectivity index (χ4n) is 3.63. The Bertz CT molecular complexity index is 967. The van der Waals surface area contributed by atoms with Crippen molar-refractivity contribution in [3.63, 3.8) is 0 Å². The summed E-state index contributed by atoms with van der Waals surface area (Å²) in [6.45, 7) is 8.02. The molecule has 1 saturated heterocycles. The van der Waals surface area contributed by atoms with E-state index in [4.69, 9.17) is 4.74 Å². The number of nitrogens with one attached hydrogen (secondary N) is 1. The van der Waals surface area contributed by atoms with Gasteiger partial charge in [-0.25, -0.2) is 0 Å². The molecule has 1 N–H and O–H groups in total. The highest BCUT2D eigenvalue weighted by molar-refractivity contribution is 6.04. The number of aromatic nitrogens is 1. The quantitative estimate of drug-likeness (QED) is 0.630. The molecule has 6 nitrogen and oxygen atoms in total. The molecule has 0 radical (unpaired) electrons. The maximum Gasteiger partial charge on any atom is 0.255 e. The Morgan fingerprint density at radius 1 is 1.00 bits per heavy atom. The maximum absolute atomic E-state index is 12.6. The van der Waals surface area contributed by atoms with Gasteiger partial charge < -0.3 is 19.9 Å². The highest BCUT2D eigenvalue weighted by Crippen LogP contribution is 2.21. The zero-order valence-electron chi connectivity index (χ0n) is 17.8. The molecule has 0 bridgehead atoms. The highest BCUT2D eigenvalue weighted by Gasteiger charge is 2.15. The number of piperazine rings is 1. The van der Waals surface area contributed by atoms with Crippen LogP contribution in [0.4, 0.5) is 11.4 Å². The van der Waals surface area contributed by atoms with Gasteiger partial charge in [-0.05, 0) is 61.1 Å². The van der Waals surface area contributed by atoms with E-state index in [0.29, 0.717) is 17.9 Å². The van der Waals surface area contributed by atoms with Crippen LogP contribution in [0.15, 0.2) is 73.1 Å². The second kappa shape index (κ2) is 10.1. The number of rotatable bonds is 7. The van der Waals surface area contributed by atoms with Crippen LogP contribution in [0.1, 0.15) is 22.8 Å². The Kier molecular flexibility index (Phi) is 6.79. The summed E-state index contributed by atoms with van der Waals surface area (Å²) in [6, 6.07) is 19.1. The van der Waals surface area contributed by atoms with Crippen LogP contribution >= 0.6 is 0 Å². The molecular weight excluding hydrogens is 388 g/mol. The fraction of sp³-hybridized carbons (Fsp3) is 0.280. The van der Waals surface area contributed by atoms with Gasteiger partial charge in [0.2, 0.25) is 0 Å². The minimum atomic E-state index is -0.136. The van der Waals surface area contributed by atoms with Gasteiger partial charge in [0.15, 0.2) is 0 Å². The monoisotopic (exact) mass is 416 g/mol. The number of ether oxygens (including phenoxy) is 1. The summed E-state index contributed by atoms with van der Waals surface area (Å²) in [5.41, 5.74) is 3.58. The van der Waals surface area contributed by atoms with Gasteiger partial charge in [0, 0.05) is 61.1 Å². The van der Waals surface area contributed by atoms with E-state index in [2.05, 4.69) is 39.2 Å². The molecule has 0 spiro atoms. The summed E-state index contributed by atoms with van der Waals surface area (Å²) in [7, 11) is 0. The lowest BCUT2D eigenvalue weighted by Gasteiger charge is -2.35. The van der Waals surface area contributed by atoms with Crippen LogP contribution in [0.2, 0.25) is 0 Å². The average Bonchev–Trinajstić information content (AvgIpc) is 2.84. The van der Waals surface area contributed by atoms with Crippen molar-refractivity contribution in [2.75, 3.05) is 42.9 Å². The van der Waals surface area contributed by atoms with E-state index in [-0.39, 0.29) is 5.91 Å². The SMILES string of the molecule is CCN1CCN(c2ccc(NC(=O)c3ccc(OCc4cccnc4)cc3)cc2)CC1. The first-order chi connectivity index (χ1) is 15.2. The molecule has 1 fully saturated rings. The van der Waals surface area contributed by atoms with Crippen LogP contribution in [-0.4, -0.2) is 48.5 Å². The van der Waals surface area contributed by atoms with E-state index in [0.717, 1.165) is 44.0 Å². The van der Waals surface area contributed by atoms with Crippen molar-refractivity contribution in [3.05, 3.63) is 84.2 Å². The van der Waals surface area contributed by atoms with E-state index < -0.39 is 0 Å². The molecule has 1 aromatic heterocycles. The number of hydrogen-bond acceptors (Lipinski definition) is 5. The van der Waals surface area contributed by atoms with Crippen LogP contribution < -0.4 is 15.0 Å². The molecule has 160 valence electrons. The zero-order chi connectivity index (χ0) is 21.5. The van der Waals surface area contributed by atoms with Gasteiger partial charge in [-0.15, -0.1) is 0 Å². The molecule has 0 aliphatic carbocycles. The first-order valence-electron chi connectivity index (χ1n) is 10.7. The van der Waals surface area contributed by atoms with Crippen molar-refractivity contribution < 1.29 is 9.53 Å². The van der Waals surface area contributed by atoms with Gasteiger partial charge in [-0.2, -0.15) is 0 Å². The molecule has 1 aliphatic heterocycles. The Labute approximate surface area is 183 Å². The van der Waals surface area contributed by atoms with Crippen molar-refractivity contribution in [1.29, 1.82) is 0 Å². The number of carbonyl (C=O) groups is 1. The van der Waals surface area contributed by atoms with Crippen LogP contribution in [0, 0.1) is 0 Å². The van der Waals surface area contributed by atoms with Gasteiger partial charge >= 0.3 is 0 Å². The van der Waals surface area contributed by atoms with Gasteiger partial charge in [0.1, 0.15) is 12.4 Å². The first kappa shape index (κ1) is 20.9. The first-order valence-corrected chi connectivity index (χ1v) is 10.7. The van der Waals surface area contributed by atoms with Crippen molar-refractivity contribution in [2.24, 2.45) is 0 Å². The van der Waals surface area contributed by atoms with Crippen molar-refractivity contribution in [3.8, 4) is 5.75 Å². The Hall–Kier alpha value is -3.38. The molecule has 2 aromatic carbocycles. The van der Waals surface area contributed by atoms with Crippen molar-refractivity contribution in [2.45, 2.75) is 13.5 Å². The van der Waals surface area contributed by atoms with Gasteiger partial charge in [0.25, 0.3) is 5.91 Å². The van der Waals surface area contributed by atoms with Crippen LogP contribution in [0.5, 0.6) is 5.75 Å². The highest BCUT2D eigenvalue weighted by atomic mass is 16.5. The molecule has 3 aromatic rings. The van der Waals surface area contributed by atoms with E-state index in [1.54, 1.807) is 24.5 Å². The Morgan fingerprint density at radius 3 is 2.39 bits per heavy atom. The van der Waals surface area contributed by atoms with Crippen molar-refractivity contribution >= 4 is 17.3 Å². The second-order valence-electron chi connectivity index (χ2n) is 7.60. The number of benzene rings is 2. The minimum absolute atomic E-state index is 0.136. The number of likely N-dealkylation sites (N-methyl/N-ethyl adjacent to an activating group) is 1. The van der Waals surface area contributed by atoms with Crippen LogP contribution in [-0.2, 0) is 6.61 Å². The summed E-state index contributed by atoms with van der Waals surface area (Å²) in [5.74, 6) is 0.580. The predicted octanol–water partition coefficient (Wildman–Crippen LogP) is 4.05. The number of hydrogen-bond donors (Lipinski definition) is 1. The standard InChI is InChI=1S/C25H28N4O2/c1-2-28-14-16-29(17-15-28)23-9-7-22(8-10-23)27-25(30)21-5-11-24(12-6-21)31-19-20-4-3-13-26-18-20/h3-13,18H,2,14-17,19H2,1H3,(H,27,30). The Balaban J connectivity index is 1.29. The molecule has 1 aliphatic rings. The van der Waals surface area contributed by atoms with E-state index in [1.807, 2.05) is 36.4 Å². The summed E-state index contributed by atoms with van der Waals surface area (Å²) in [5, 5.41) is 2.97. The average molecular weight is 417 g/mol. The number of anilines is 2. The summed E-state index contributed by atoms with van der Waals surface area (Å²) in [6.07, 6.45) is 3.51. The molecule has 4 rings (SSSR count). The molecule has 31 heavy (non-hydrogen) atoms. The smallest absolute Gasteiger partial charge is 0.255 e. The lowest BCUT2D eigenvalue weighted by atomic mass is 10.2. The third kappa shape index (κ3) is 5.61. The lowest BCUT2D eigenvalue weighted by molar-refractivity contribution is 0.102. The van der Waals surface area contributed by atoms with E-state index in [1.165, 1.54) is 5.69 Å². The number of nitrogens with zero attached hydrogens (tertiary/aromatic N) is 3. The minimum Gasteiger partial charge on any atom is -0.489 e. The normalized spacial score (nSPS) is 14.3. The Morgan fingerprint density at radius 2 is 1.74 bits per heavy atom. The van der Waals surface area contributed by atoms with Crippen molar-refractivity contribution in [1.82, 2.24) is 9.88 Å². The molecule has 0 saturated carbocycles. The number of amides is 1. The van der Waals surface area contributed by atoms with E-state index in [9.17, 15) is 4.79 Å². The van der Waals surface area contributed by atoms with Crippen LogP contribution in [0.3, 0.4) is 0 Å². The summed E-state index contributed by atoms with van der Waals surface area (Å²) >= 11 is 0. The topological polar surface area (TPSA) is 57.7 Å². The van der Waals surface area contributed by atoms with Gasteiger partial charge in [0.05, 0.1) is 0 Å². The zero-order valence-corrected chi connectivity index (χ0v) is 17.8.